The Morgan fingerprint density at radius 1 is 1.05 bits per heavy atom. The zero-order chi connectivity index (χ0) is 27.8. The molecule has 7 nitrogen and oxygen atoms in total. The van der Waals surface area contributed by atoms with Crippen molar-refractivity contribution >= 4 is 39.1 Å². The van der Waals surface area contributed by atoms with E-state index in [2.05, 4.69) is 5.32 Å². The summed E-state index contributed by atoms with van der Waals surface area (Å²) in [6, 6.07) is 12.1. The van der Waals surface area contributed by atoms with Crippen LogP contribution in [-0.4, -0.2) is 50.5 Å². The van der Waals surface area contributed by atoms with E-state index in [1.54, 1.807) is 17.0 Å². The van der Waals surface area contributed by atoms with Gasteiger partial charge in [-0.1, -0.05) is 62.7 Å². The highest BCUT2D eigenvalue weighted by molar-refractivity contribution is 7.92. The minimum atomic E-state index is -3.55. The highest BCUT2D eigenvalue weighted by Gasteiger charge is 2.29. The summed E-state index contributed by atoms with van der Waals surface area (Å²) in [5, 5.41) is 3.47. The molecule has 0 aromatic heterocycles. The summed E-state index contributed by atoms with van der Waals surface area (Å²) in [5.41, 5.74) is 3.24. The largest absolute Gasteiger partial charge is 0.354 e. The maximum Gasteiger partial charge on any atom is 0.242 e. The number of halogens is 1. The number of anilines is 1. The summed E-state index contributed by atoms with van der Waals surface area (Å²) in [6.07, 6.45) is 2.02. The molecule has 0 bridgehead atoms. The summed E-state index contributed by atoms with van der Waals surface area (Å²) >= 11 is 6.38. The van der Waals surface area contributed by atoms with Crippen LogP contribution in [0.1, 0.15) is 56.7 Å². The molecular weight excluding hydrogens is 510 g/mol. The van der Waals surface area contributed by atoms with Crippen LogP contribution in [0.5, 0.6) is 0 Å². The molecule has 2 rings (SSSR count). The fourth-order valence-corrected chi connectivity index (χ4v) is 5.35. The standard InChI is InChI=1S/C28H40ClN3O4S/c1-7-25(28(34)30-18-20(2)3)31(19-23-13-8-9-14-24(23)29)27(33)16-11-17-32(37(6,35)36)26-15-10-12-21(4)22(26)5/h8-10,12-15,20,25H,7,11,16-19H2,1-6H3,(H,30,34). The van der Waals surface area contributed by atoms with Gasteiger partial charge in [-0.2, -0.15) is 0 Å². The van der Waals surface area contributed by atoms with E-state index in [0.717, 1.165) is 16.7 Å². The first-order valence-electron chi connectivity index (χ1n) is 12.7. The molecule has 0 spiro atoms. The van der Waals surface area contributed by atoms with E-state index in [9.17, 15) is 18.0 Å². The van der Waals surface area contributed by atoms with E-state index in [1.165, 1.54) is 10.6 Å². The summed E-state index contributed by atoms with van der Waals surface area (Å²) < 4.78 is 26.6. The lowest BCUT2D eigenvalue weighted by Gasteiger charge is -2.31. The van der Waals surface area contributed by atoms with Gasteiger partial charge in [-0.3, -0.25) is 13.9 Å². The van der Waals surface area contributed by atoms with E-state index >= 15 is 0 Å². The van der Waals surface area contributed by atoms with E-state index < -0.39 is 16.1 Å². The second-order valence-corrected chi connectivity index (χ2v) is 12.1. The molecule has 0 saturated heterocycles. The Kier molecular flexibility index (Phi) is 11.4. The Hall–Kier alpha value is -2.58. The third-order valence-electron chi connectivity index (χ3n) is 6.37. The van der Waals surface area contributed by atoms with Crippen LogP contribution in [0.25, 0.3) is 0 Å². The zero-order valence-electron chi connectivity index (χ0n) is 22.8. The van der Waals surface area contributed by atoms with Crippen LogP contribution in [0.3, 0.4) is 0 Å². The van der Waals surface area contributed by atoms with Gasteiger partial charge in [0.2, 0.25) is 21.8 Å². The lowest BCUT2D eigenvalue weighted by atomic mass is 10.1. The van der Waals surface area contributed by atoms with Gasteiger partial charge in [0.15, 0.2) is 0 Å². The Balaban J connectivity index is 2.26. The lowest BCUT2D eigenvalue weighted by Crippen LogP contribution is -2.49. The molecule has 1 unspecified atom stereocenters. The minimum Gasteiger partial charge on any atom is -0.354 e. The number of hydrogen-bond acceptors (Lipinski definition) is 4. The minimum absolute atomic E-state index is 0.0926. The second-order valence-electron chi connectivity index (χ2n) is 9.83. The Labute approximate surface area is 227 Å². The molecule has 0 aliphatic rings. The molecule has 0 fully saturated rings. The van der Waals surface area contributed by atoms with Crippen LogP contribution in [0.15, 0.2) is 42.5 Å². The molecule has 1 atom stereocenters. The molecule has 204 valence electrons. The van der Waals surface area contributed by atoms with Crippen LogP contribution in [0.4, 0.5) is 5.69 Å². The molecule has 0 aliphatic heterocycles. The van der Waals surface area contributed by atoms with Crippen molar-refractivity contribution in [3.8, 4) is 0 Å². The smallest absolute Gasteiger partial charge is 0.242 e. The summed E-state index contributed by atoms with van der Waals surface area (Å²) in [4.78, 5) is 28.1. The highest BCUT2D eigenvalue weighted by atomic mass is 35.5. The number of carbonyl (C=O) groups is 2. The molecule has 2 aromatic rings. The number of hydrogen-bond donors (Lipinski definition) is 1. The fourth-order valence-electron chi connectivity index (χ4n) is 4.14. The van der Waals surface area contributed by atoms with Crippen molar-refractivity contribution in [1.82, 2.24) is 10.2 Å². The van der Waals surface area contributed by atoms with Gasteiger partial charge in [-0.15, -0.1) is 0 Å². The average molecular weight is 550 g/mol. The molecule has 2 aromatic carbocycles. The third kappa shape index (κ3) is 8.75. The molecular formula is C28H40ClN3O4S. The first-order valence-corrected chi connectivity index (χ1v) is 14.9. The van der Waals surface area contributed by atoms with Gasteiger partial charge in [-0.05, 0) is 61.4 Å². The molecule has 2 amide bonds. The second kappa shape index (κ2) is 13.8. The SMILES string of the molecule is CCC(C(=O)NCC(C)C)N(Cc1ccccc1Cl)C(=O)CCCN(c1cccc(C)c1C)S(C)(=O)=O. The average Bonchev–Trinajstić information content (AvgIpc) is 2.82. The first-order chi connectivity index (χ1) is 17.4. The van der Waals surface area contributed by atoms with Gasteiger partial charge in [0.1, 0.15) is 6.04 Å². The monoisotopic (exact) mass is 549 g/mol. The quantitative estimate of drug-likeness (QED) is 0.377. The Morgan fingerprint density at radius 3 is 2.32 bits per heavy atom. The summed E-state index contributed by atoms with van der Waals surface area (Å²) in [7, 11) is -3.55. The Bertz CT molecular complexity index is 1180. The van der Waals surface area contributed by atoms with Crippen molar-refractivity contribution in [2.24, 2.45) is 5.92 Å². The normalized spacial score (nSPS) is 12.3. The number of nitrogens with one attached hydrogen (secondary N) is 1. The first kappa shape index (κ1) is 30.6. The molecule has 0 saturated carbocycles. The zero-order valence-corrected chi connectivity index (χ0v) is 24.3. The Morgan fingerprint density at radius 2 is 1.73 bits per heavy atom. The van der Waals surface area contributed by atoms with Gasteiger partial charge >= 0.3 is 0 Å². The van der Waals surface area contributed by atoms with Gasteiger partial charge in [0.25, 0.3) is 0 Å². The van der Waals surface area contributed by atoms with E-state index in [1.807, 2.05) is 65.0 Å². The highest BCUT2D eigenvalue weighted by Crippen LogP contribution is 2.26. The van der Waals surface area contributed by atoms with E-state index in [4.69, 9.17) is 11.6 Å². The predicted octanol–water partition coefficient (Wildman–Crippen LogP) is 5.08. The van der Waals surface area contributed by atoms with Crippen LogP contribution in [0.2, 0.25) is 5.02 Å². The maximum atomic E-state index is 13.5. The van der Waals surface area contributed by atoms with Crippen molar-refractivity contribution in [3.63, 3.8) is 0 Å². The number of amides is 2. The third-order valence-corrected chi connectivity index (χ3v) is 7.91. The van der Waals surface area contributed by atoms with Crippen molar-refractivity contribution in [3.05, 3.63) is 64.2 Å². The van der Waals surface area contributed by atoms with Crippen LogP contribution in [-0.2, 0) is 26.2 Å². The molecule has 1 N–H and O–H groups in total. The molecule has 9 heteroatoms. The van der Waals surface area contributed by atoms with E-state index in [0.29, 0.717) is 30.1 Å². The van der Waals surface area contributed by atoms with Gasteiger partial charge < -0.3 is 10.2 Å². The predicted molar refractivity (Wildman–Crippen MR) is 151 cm³/mol. The number of nitrogens with zero attached hydrogens (tertiary/aromatic N) is 2. The van der Waals surface area contributed by atoms with Crippen molar-refractivity contribution in [2.75, 3.05) is 23.7 Å². The molecule has 0 radical (unpaired) electrons. The lowest BCUT2D eigenvalue weighted by molar-refractivity contribution is -0.141. The van der Waals surface area contributed by atoms with Gasteiger partial charge in [0, 0.05) is 31.1 Å². The van der Waals surface area contributed by atoms with E-state index in [-0.39, 0.29) is 37.2 Å². The van der Waals surface area contributed by atoms with Crippen LogP contribution in [0, 0.1) is 19.8 Å². The van der Waals surface area contributed by atoms with Crippen molar-refractivity contribution in [2.45, 2.75) is 66.5 Å². The number of benzene rings is 2. The number of aryl methyl sites for hydroxylation is 1. The molecule has 0 heterocycles. The topological polar surface area (TPSA) is 86.8 Å². The van der Waals surface area contributed by atoms with Crippen LogP contribution < -0.4 is 9.62 Å². The fraction of sp³-hybridized carbons (Fsp3) is 0.500. The number of carbonyl (C=O) groups excluding carboxylic acids is 2. The summed E-state index contributed by atoms with van der Waals surface area (Å²) in [5.74, 6) is -0.146. The van der Waals surface area contributed by atoms with Gasteiger partial charge in [0.05, 0.1) is 11.9 Å². The molecule has 37 heavy (non-hydrogen) atoms. The summed E-state index contributed by atoms with van der Waals surface area (Å²) in [6.45, 7) is 10.6. The van der Waals surface area contributed by atoms with Crippen molar-refractivity contribution < 1.29 is 18.0 Å². The van der Waals surface area contributed by atoms with Gasteiger partial charge in [-0.25, -0.2) is 8.42 Å². The number of sulfonamides is 1. The van der Waals surface area contributed by atoms with Crippen LogP contribution >= 0.6 is 11.6 Å². The maximum absolute atomic E-state index is 13.5. The van der Waals surface area contributed by atoms with Crippen molar-refractivity contribution in [1.29, 1.82) is 0 Å². The molecule has 0 aliphatic carbocycles. The number of rotatable bonds is 13.